The molecule has 5 nitrogen and oxygen atoms in total. The average Bonchev–Trinajstić information content (AvgIpc) is 2.36. The molecular formula is C15H23FN2O3. The normalized spacial score (nSPS) is 13.1. The maximum atomic E-state index is 13.4. The first-order chi connectivity index (χ1) is 9.68. The van der Waals surface area contributed by atoms with Gasteiger partial charge in [-0.1, -0.05) is 0 Å². The first kappa shape index (κ1) is 17.4. The van der Waals surface area contributed by atoms with E-state index in [-0.39, 0.29) is 6.61 Å². The number of carbonyl (C=O) groups excluding carboxylic acids is 1. The summed E-state index contributed by atoms with van der Waals surface area (Å²) in [6.45, 7) is 3.10. The zero-order valence-corrected chi connectivity index (χ0v) is 12.9. The lowest BCUT2D eigenvalue weighted by atomic mass is 10.1. The highest BCUT2D eigenvalue weighted by Crippen LogP contribution is 2.18. The number of rotatable bonds is 7. The number of carbonyl (C=O) groups is 1. The smallest absolute Gasteiger partial charge is 0.261 e. The molecule has 1 amide bonds. The number of hydrogen-bond donors (Lipinski definition) is 2. The van der Waals surface area contributed by atoms with E-state index >= 15 is 0 Å². The topological polar surface area (TPSA) is 61.8 Å². The Morgan fingerprint density at radius 2 is 1.95 bits per heavy atom. The van der Waals surface area contributed by atoms with Gasteiger partial charge in [0.25, 0.3) is 5.91 Å². The Bertz CT molecular complexity index is 455. The van der Waals surface area contributed by atoms with Gasteiger partial charge in [0.1, 0.15) is 18.5 Å². The van der Waals surface area contributed by atoms with Crippen molar-refractivity contribution in [1.29, 1.82) is 0 Å². The molecule has 1 aromatic rings. The summed E-state index contributed by atoms with van der Waals surface area (Å²) in [5, 5.41) is 12.2. The van der Waals surface area contributed by atoms with Crippen LogP contribution in [0.4, 0.5) is 10.1 Å². The van der Waals surface area contributed by atoms with E-state index in [9.17, 15) is 14.3 Å². The van der Waals surface area contributed by atoms with Crippen molar-refractivity contribution in [3.8, 4) is 5.75 Å². The van der Waals surface area contributed by atoms with Crippen molar-refractivity contribution >= 4 is 11.6 Å². The van der Waals surface area contributed by atoms with E-state index in [4.69, 9.17) is 4.74 Å². The maximum Gasteiger partial charge on any atom is 0.261 e. The molecule has 0 heterocycles. The van der Waals surface area contributed by atoms with Crippen LogP contribution < -0.4 is 10.1 Å². The molecule has 1 unspecified atom stereocenters. The molecule has 0 aliphatic carbocycles. The Morgan fingerprint density at radius 3 is 2.43 bits per heavy atom. The number of halogens is 1. The van der Waals surface area contributed by atoms with Crippen molar-refractivity contribution in [2.45, 2.75) is 25.6 Å². The van der Waals surface area contributed by atoms with E-state index in [1.54, 1.807) is 24.3 Å². The minimum absolute atomic E-state index is 0.182. The van der Waals surface area contributed by atoms with E-state index < -0.39 is 17.7 Å². The van der Waals surface area contributed by atoms with Crippen molar-refractivity contribution in [1.82, 2.24) is 4.90 Å². The average molecular weight is 298 g/mol. The molecule has 0 bridgehead atoms. The summed E-state index contributed by atoms with van der Waals surface area (Å²) in [7, 11) is 3.74. The van der Waals surface area contributed by atoms with Gasteiger partial charge in [0.05, 0.1) is 0 Å². The molecule has 1 atom stereocenters. The van der Waals surface area contributed by atoms with Crippen LogP contribution in [0.5, 0.6) is 5.75 Å². The molecule has 21 heavy (non-hydrogen) atoms. The lowest BCUT2D eigenvalue weighted by molar-refractivity contribution is -0.125. The van der Waals surface area contributed by atoms with E-state index in [0.717, 1.165) is 0 Å². The van der Waals surface area contributed by atoms with Gasteiger partial charge in [-0.15, -0.1) is 0 Å². The highest BCUT2D eigenvalue weighted by molar-refractivity contribution is 5.96. The second-order valence-corrected chi connectivity index (χ2v) is 5.68. The number of aliphatic hydroxyl groups excluding tert-OH is 1. The number of ether oxygens (including phenoxy) is 1. The van der Waals surface area contributed by atoms with E-state index in [1.807, 2.05) is 19.0 Å². The van der Waals surface area contributed by atoms with Crippen molar-refractivity contribution < 1.29 is 19.0 Å². The van der Waals surface area contributed by atoms with Crippen LogP contribution in [0.15, 0.2) is 24.3 Å². The predicted molar refractivity (Wildman–Crippen MR) is 80.3 cm³/mol. The number of nitrogens with zero attached hydrogens (tertiary/aromatic N) is 1. The second-order valence-electron chi connectivity index (χ2n) is 5.68. The van der Waals surface area contributed by atoms with Crippen LogP contribution in [0.2, 0.25) is 0 Å². The molecule has 1 rings (SSSR count). The molecule has 1 aromatic carbocycles. The van der Waals surface area contributed by atoms with Crippen molar-refractivity contribution in [2.75, 3.05) is 32.6 Å². The molecule has 6 heteroatoms. The molecule has 0 aliphatic heterocycles. The predicted octanol–water partition coefficient (Wildman–Crippen LogP) is 1.67. The van der Waals surface area contributed by atoms with Gasteiger partial charge in [0.2, 0.25) is 0 Å². The molecule has 0 saturated heterocycles. The lowest BCUT2D eigenvalue weighted by Crippen LogP contribution is -2.32. The maximum absolute atomic E-state index is 13.4. The third kappa shape index (κ3) is 6.55. The third-order valence-corrected chi connectivity index (χ3v) is 2.67. The summed E-state index contributed by atoms with van der Waals surface area (Å²) >= 11 is 0. The molecule has 0 aromatic heterocycles. The van der Waals surface area contributed by atoms with Crippen molar-refractivity contribution in [2.24, 2.45) is 0 Å². The van der Waals surface area contributed by atoms with Gasteiger partial charge in [-0.25, -0.2) is 4.39 Å². The van der Waals surface area contributed by atoms with Crippen LogP contribution in [0.1, 0.15) is 13.8 Å². The largest absolute Gasteiger partial charge is 0.491 e. The molecule has 0 fully saturated rings. The van der Waals surface area contributed by atoms with Gasteiger partial charge in [0.15, 0.2) is 5.67 Å². The standard InChI is InChI=1S/C15H23FN2O3/c1-15(2,16)14(20)17-11-5-7-13(8-6-11)21-10-12(19)9-18(3)4/h5-8,12,19H,9-10H2,1-4H3,(H,17,20). The number of alkyl halides is 1. The molecular weight excluding hydrogens is 275 g/mol. The quantitative estimate of drug-likeness (QED) is 0.804. The Morgan fingerprint density at radius 1 is 1.38 bits per heavy atom. The van der Waals surface area contributed by atoms with Gasteiger partial charge in [-0.2, -0.15) is 0 Å². The van der Waals surface area contributed by atoms with Gasteiger partial charge in [-0.05, 0) is 52.2 Å². The van der Waals surface area contributed by atoms with Crippen LogP contribution in [0.3, 0.4) is 0 Å². The third-order valence-electron chi connectivity index (χ3n) is 2.67. The highest BCUT2D eigenvalue weighted by Gasteiger charge is 2.26. The molecule has 2 N–H and O–H groups in total. The van der Waals surface area contributed by atoms with Gasteiger partial charge < -0.3 is 20.1 Å². The fraction of sp³-hybridized carbons (Fsp3) is 0.533. The van der Waals surface area contributed by atoms with E-state index in [2.05, 4.69) is 5.32 Å². The second kappa shape index (κ2) is 7.38. The Kier molecular flexibility index (Phi) is 6.11. The summed E-state index contributed by atoms with van der Waals surface area (Å²) in [6.07, 6.45) is -0.577. The number of anilines is 1. The summed E-state index contributed by atoms with van der Waals surface area (Å²) in [4.78, 5) is 13.3. The van der Waals surface area contributed by atoms with E-state index in [0.29, 0.717) is 18.0 Å². The summed E-state index contributed by atoms with van der Waals surface area (Å²) in [6, 6.07) is 6.56. The number of likely N-dealkylation sites (N-methyl/N-ethyl adjacent to an activating group) is 1. The number of hydrogen-bond acceptors (Lipinski definition) is 4. The van der Waals surface area contributed by atoms with Crippen LogP contribution in [0.25, 0.3) is 0 Å². The SMILES string of the molecule is CN(C)CC(O)COc1ccc(NC(=O)C(C)(C)F)cc1. The van der Waals surface area contributed by atoms with Crippen molar-refractivity contribution in [3.63, 3.8) is 0 Å². The van der Waals surface area contributed by atoms with Gasteiger partial charge in [-0.3, -0.25) is 4.79 Å². The van der Waals surface area contributed by atoms with E-state index in [1.165, 1.54) is 13.8 Å². The summed E-state index contributed by atoms with van der Waals surface area (Å²) in [5.41, 5.74) is -1.43. The first-order valence-corrected chi connectivity index (χ1v) is 6.74. The van der Waals surface area contributed by atoms with Crippen LogP contribution in [0, 0.1) is 0 Å². The summed E-state index contributed by atoms with van der Waals surface area (Å²) in [5.74, 6) is -0.122. The fourth-order valence-corrected chi connectivity index (χ4v) is 1.58. The lowest BCUT2D eigenvalue weighted by Gasteiger charge is -2.17. The zero-order valence-electron chi connectivity index (χ0n) is 12.9. The highest BCUT2D eigenvalue weighted by atomic mass is 19.1. The van der Waals surface area contributed by atoms with Gasteiger partial charge in [0, 0.05) is 12.2 Å². The molecule has 0 saturated carbocycles. The minimum atomic E-state index is -1.93. The summed E-state index contributed by atoms with van der Waals surface area (Å²) < 4.78 is 18.8. The molecule has 0 aliphatic rings. The van der Waals surface area contributed by atoms with Crippen molar-refractivity contribution in [3.05, 3.63) is 24.3 Å². The molecule has 118 valence electrons. The number of nitrogens with one attached hydrogen (secondary N) is 1. The minimum Gasteiger partial charge on any atom is -0.491 e. The first-order valence-electron chi connectivity index (χ1n) is 6.74. The van der Waals surface area contributed by atoms with Crippen LogP contribution in [-0.2, 0) is 4.79 Å². The van der Waals surface area contributed by atoms with Crippen LogP contribution >= 0.6 is 0 Å². The number of benzene rings is 1. The zero-order chi connectivity index (χ0) is 16.0. The monoisotopic (exact) mass is 298 g/mol. The Labute approximate surface area is 124 Å². The Hall–Kier alpha value is -1.66. The number of aliphatic hydroxyl groups is 1. The molecule has 0 spiro atoms. The van der Waals surface area contributed by atoms with Crippen LogP contribution in [-0.4, -0.2) is 54.9 Å². The Balaban J connectivity index is 2.49. The molecule has 0 radical (unpaired) electrons. The fourth-order valence-electron chi connectivity index (χ4n) is 1.58. The van der Waals surface area contributed by atoms with Gasteiger partial charge >= 0.3 is 0 Å². The number of amides is 1.